The summed E-state index contributed by atoms with van der Waals surface area (Å²) >= 11 is 0. The quantitative estimate of drug-likeness (QED) is 0.874. The van der Waals surface area contributed by atoms with Crippen molar-refractivity contribution in [3.8, 4) is 0 Å². The van der Waals surface area contributed by atoms with E-state index in [1.54, 1.807) is 12.1 Å². The summed E-state index contributed by atoms with van der Waals surface area (Å²) in [5, 5.41) is 3.40. The van der Waals surface area contributed by atoms with Crippen LogP contribution in [0.3, 0.4) is 0 Å². The summed E-state index contributed by atoms with van der Waals surface area (Å²) in [5.41, 5.74) is 1.06. The molecule has 1 aliphatic heterocycles. The largest absolute Gasteiger partial charge is 0.378 e. The molecule has 1 aromatic rings. The monoisotopic (exact) mass is 308 g/mol. The normalized spacial score (nSPS) is 18.0. The topological polar surface area (TPSA) is 41.6 Å². The standard InChI is InChI=1S/C17H25FN2O2/c1-3-16(17(21)20-8-10-22-11-9-20)19-13(2)12-14-4-6-15(18)7-5-14/h4-7,13,16,19H,3,8-12H2,1-2H3/t13-,16+/m1/s1. The predicted octanol–water partition coefficient (Wildman–Crippen LogP) is 1.98. The maximum atomic E-state index is 12.9. The maximum absolute atomic E-state index is 12.9. The van der Waals surface area contributed by atoms with Gasteiger partial charge in [0.1, 0.15) is 5.82 Å². The minimum atomic E-state index is -0.224. The summed E-state index contributed by atoms with van der Waals surface area (Å²) in [6.45, 7) is 6.65. The van der Waals surface area contributed by atoms with E-state index < -0.39 is 0 Å². The van der Waals surface area contributed by atoms with Crippen molar-refractivity contribution in [2.45, 2.75) is 38.8 Å². The van der Waals surface area contributed by atoms with Gasteiger partial charge < -0.3 is 15.0 Å². The summed E-state index contributed by atoms with van der Waals surface area (Å²) in [4.78, 5) is 14.4. The first kappa shape index (κ1) is 16.9. The lowest BCUT2D eigenvalue weighted by atomic mass is 10.1. The molecule has 1 saturated heterocycles. The molecule has 122 valence electrons. The lowest BCUT2D eigenvalue weighted by molar-refractivity contribution is -0.137. The third-order valence-corrected chi connectivity index (χ3v) is 3.97. The van der Waals surface area contributed by atoms with Crippen LogP contribution in [-0.2, 0) is 16.0 Å². The molecule has 1 aromatic carbocycles. The van der Waals surface area contributed by atoms with Crippen LogP contribution in [-0.4, -0.2) is 49.2 Å². The van der Waals surface area contributed by atoms with Crippen molar-refractivity contribution < 1.29 is 13.9 Å². The van der Waals surface area contributed by atoms with E-state index in [1.807, 2.05) is 11.8 Å². The lowest BCUT2D eigenvalue weighted by Crippen LogP contribution is -2.52. The Bertz CT molecular complexity index is 472. The van der Waals surface area contributed by atoms with Crippen LogP contribution in [0.4, 0.5) is 4.39 Å². The van der Waals surface area contributed by atoms with Crippen molar-refractivity contribution in [1.82, 2.24) is 10.2 Å². The number of hydrogen-bond acceptors (Lipinski definition) is 3. The molecule has 1 amide bonds. The fourth-order valence-electron chi connectivity index (χ4n) is 2.74. The third-order valence-electron chi connectivity index (χ3n) is 3.97. The van der Waals surface area contributed by atoms with Gasteiger partial charge in [-0.25, -0.2) is 4.39 Å². The molecule has 1 fully saturated rings. The molecule has 0 saturated carbocycles. The number of nitrogens with one attached hydrogen (secondary N) is 1. The number of carbonyl (C=O) groups is 1. The second kappa shape index (κ2) is 8.25. The third kappa shape index (κ3) is 4.78. The van der Waals surface area contributed by atoms with Gasteiger partial charge in [-0.2, -0.15) is 0 Å². The first-order chi connectivity index (χ1) is 10.6. The van der Waals surface area contributed by atoms with Crippen molar-refractivity contribution in [2.75, 3.05) is 26.3 Å². The van der Waals surface area contributed by atoms with Gasteiger partial charge in [0.05, 0.1) is 19.3 Å². The van der Waals surface area contributed by atoms with E-state index in [0.717, 1.165) is 18.4 Å². The van der Waals surface area contributed by atoms with Crippen molar-refractivity contribution in [1.29, 1.82) is 0 Å². The number of ether oxygens (including phenoxy) is 1. The van der Waals surface area contributed by atoms with E-state index in [9.17, 15) is 9.18 Å². The van der Waals surface area contributed by atoms with Crippen LogP contribution in [0, 0.1) is 5.82 Å². The van der Waals surface area contributed by atoms with Crippen LogP contribution in [0.2, 0.25) is 0 Å². The van der Waals surface area contributed by atoms with Gasteiger partial charge in [-0.1, -0.05) is 19.1 Å². The summed E-state index contributed by atoms with van der Waals surface area (Å²) in [5.74, 6) is -0.0740. The molecule has 1 N–H and O–H groups in total. The predicted molar refractivity (Wildman–Crippen MR) is 84.2 cm³/mol. The maximum Gasteiger partial charge on any atom is 0.239 e. The van der Waals surface area contributed by atoms with Gasteiger partial charge in [-0.05, 0) is 37.5 Å². The highest BCUT2D eigenvalue weighted by molar-refractivity contribution is 5.82. The Morgan fingerprint density at radius 1 is 1.32 bits per heavy atom. The molecule has 0 aliphatic carbocycles. The number of hydrogen-bond donors (Lipinski definition) is 1. The molecule has 5 heteroatoms. The summed E-state index contributed by atoms with van der Waals surface area (Å²) in [7, 11) is 0. The second-order valence-electron chi connectivity index (χ2n) is 5.80. The second-order valence-corrected chi connectivity index (χ2v) is 5.80. The van der Waals surface area contributed by atoms with E-state index in [2.05, 4.69) is 12.2 Å². The van der Waals surface area contributed by atoms with Crippen LogP contribution in [0.25, 0.3) is 0 Å². The Morgan fingerprint density at radius 2 is 1.95 bits per heavy atom. The number of nitrogens with zero attached hydrogens (tertiary/aromatic N) is 1. The van der Waals surface area contributed by atoms with E-state index in [4.69, 9.17) is 4.74 Å². The SMILES string of the molecule is CC[C@H](N[C@H](C)Cc1ccc(F)cc1)C(=O)N1CCOCC1. The molecule has 2 rings (SSSR count). The van der Waals surface area contributed by atoms with Crippen LogP contribution in [0.15, 0.2) is 24.3 Å². The van der Waals surface area contributed by atoms with Crippen molar-refractivity contribution in [3.05, 3.63) is 35.6 Å². The Labute approximate surface area is 131 Å². The number of amides is 1. The Morgan fingerprint density at radius 3 is 2.55 bits per heavy atom. The molecule has 22 heavy (non-hydrogen) atoms. The van der Waals surface area contributed by atoms with Gasteiger partial charge in [0.15, 0.2) is 0 Å². The molecule has 2 atom stereocenters. The average molecular weight is 308 g/mol. The zero-order valence-electron chi connectivity index (χ0n) is 13.3. The fraction of sp³-hybridized carbons (Fsp3) is 0.588. The van der Waals surface area contributed by atoms with E-state index in [1.165, 1.54) is 12.1 Å². The molecule has 0 spiro atoms. The van der Waals surface area contributed by atoms with Crippen molar-refractivity contribution in [3.63, 3.8) is 0 Å². The first-order valence-electron chi connectivity index (χ1n) is 7.97. The van der Waals surface area contributed by atoms with E-state index >= 15 is 0 Å². The molecule has 0 radical (unpaired) electrons. The van der Waals surface area contributed by atoms with Gasteiger partial charge >= 0.3 is 0 Å². The van der Waals surface area contributed by atoms with Crippen molar-refractivity contribution in [2.24, 2.45) is 0 Å². The van der Waals surface area contributed by atoms with Crippen LogP contribution in [0.1, 0.15) is 25.8 Å². The minimum Gasteiger partial charge on any atom is -0.378 e. The minimum absolute atomic E-state index is 0.150. The molecule has 1 heterocycles. The van der Waals surface area contributed by atoms with Gasteiger partial charge in [0, 0.05) is 19.1 Å². The van der Waals surface area contributed by atoms with Gasteiger partial charge in [-0.3, -0.25) is 4.79 Å². The number of carbonyl (C=O) groups excluding carboxylic acids is 1. The Hall–Kier alpha value is -1.46. The number of halogens is 1. The smallest absolute Gasteiger partial charge is 0.239 e. The molecule has 0 aromatic heterocycles. The number of benzene rings is 1. The molecular formula is C17H25FN2O2. The zero-order valence-corrected chi connectivity index (χ0v) is 13.3. The number of morpholine rings is 1. The van der Waals surface area contributed by atoms with Gasteiger partial charge in [0.25, 0.3) is 0 Å². The molecular weight excluding hydrogens is 283 g/mol. The van der Waals surface area contributed by atoms with Crippen LogP contribution < -0.4 is 5.32 Å². The summed E-state index contributed by atoms with van der Waals surface area (Å²) in [6.07, 6.45) is 1.52. The van der Waals surface area contributed by atoms with Crippen LogP contribution >= 0.6 is 0 Å². The van der Waals surface area contributed by atoms with Gasteiger partial charge in [-0.15, -0.1) is 0 Å². The molecule has 0 bridgehead atoms. The average Bonchev–Trinajstić information content (AvgIpc) is 2.55. The number of rotatable bonds is 6. The fourth-order valence-corrected chi connectivity index (χ4v) is 2.74. The highest BCUT2D eigenvalue weighted by Crippen LogP contribution is 2.09. The highest BCUT2D eigenvalue weighted by Gasteiger charge is 2.25. The summed E-state index contributed by atoms with van der Waals surface area (Å²) < 4.78 is 18.2. The highest BCUT2D eigenvalue weighted by atomic mass is 19.1. The van der Waals surface area contributed by atoms with E-state index in [-0.39, 0.29) is 23.8 Å². The molecule has 4 nitrogen and oxygen atoms in total. The Balaban J connectivity index is 1.88. The molecule has 0 unspecified atom stereocenters. The first-order valence-corrected chi connectivity index (χ1v) is 7.97. The summed E-state index contributed by atoms with van der Waals surface area (Å²) in [6, 6.07) is 6.50. The lowest BCUT2D eigenvalue weighted by Gasteiger charge is -2.31. The van der Waals surface area contributed by atoms with Crippen LogP contribution in [0.5, 0.6) is 0 Å². The Kier molecular flexibility index (Phi) is 6.34. The van der Waals surface area contributed by atoms with Crippen molar-refractivity contribution >= 4 is 5.91 Å². The molecule has 1 aliphatic rings. The van der Waals surface area contributed by atoms with Gasteiger partial charge in [0.2, 0.25) is 5.91 Å². The van der Waals surface area contributed by atoms with E-state index in [0.29, 0.717) is 26.3 Å². The zero-order chi connectivity index (χ0) is 15.9.